The summed E-state index contributed by atoms with van der Waals surface area (Å²) in [6.07, 6.45) is 3.57. The smallest absolute Gasteiger partial charge is 0.368 e. The quantitative estimate of drug-likeness (QED) is 0.259. The maximum atomic E-state index is 13.8. The van der Waals surface area contributed by atoms with Gasteiger partial charge in [0.1, 0.15) is 0 Å². The summed E-state index contributed by atoms with van der Waals surface area (Å²) in [7, 11) is 8.07. The summed E-state index contributed by atoms with van der Waals surface area (Å²) in [4.78, 5) is 17.9. The molecule has 4 aromatic carbocycles. The molecule has 1 aliphatic heterocycles. The monoisotopic (exact) mass is 522 g/mol. The molecule has 1 fully saturated rings. The molecule has 6 nitrogen and oxygen atoms in total. The van der Waals surface area contributed by atoms with Crippen molar-refractivity contribution < 1.29 is 19.0 Å². The van der Waals surface area contributed by atoms with Crippen molar-refractivity contribution >= 4 is 50.9 Å². The lowest BCUT2D eigenvalue weighted by atomic mass is 9.99. The Labute approximate surface area is 229 Å². The van der Waals surface area contributed by atoms with Gasteiger partial charge in [0.25, 0.3) is 5.78 Å². The first-order chi connectivity index (χ1) is 18.7. The van der Waals surface area contributed by atoms with Crippen molar-refractivity contribution in [2.24, 2.45) is 0 Å². The number of rotatable bonds is 6. The van der Waals surface area contributed by atoms with Crippen molar-refractivity contribution in [3.8, 4) is 0 Å². The zero-order valence-electron chi connectivity index (χ0n) is 23.3. The number of anilines is 2. The summed E-state index contributed by atoms with van der Waals surface area (Å²) >= 11 is 0. The molecule has 39 heavy (non-hydrogen) atoms. The Kier molecular flexibility index (Phi) is 7.06. The first kappa shape index (κ1) is 26.3. The van der Waals surface area contributed by atoms with E-state index in [9.17, 15) is 4.79 Å². The van der Waals surface area contributed by atoms with Crippen molar-refractivity contribution in [2.75, 3.05) is 44.6 Å². The molecule has 0 radical (unpaired) electrons. The van der Waals surface area contributed by atoms with E-state index in [1.54, 1.807) is 19.1 Å². The molecular weight excluding hydrogens is 488 g/mol. The summed E-state index contributed by atoms with van der Waals surface area (Å²) in [6.45, 7) is 3.90. The first-order valence-electron chi connectivity index (χ1n) is 13.1. The van der Waals surface area contributed by atoms with Gasteiger partial charge in [-0.25, -0.2) is 0 Å². The van der Waals surface area contributed by atoms with Gasteiger partial charge in [-0.15, -0.1) is 0 Å². The van der Waals surface area contributed by atoms with E-state index in [2.05, 4.69) is 46.2 Å². The molecule has 0 aliphatic carbocycles. The van der Waals surface area contributed by atoms with Crippen LogP contribution in [0.15, 0.2) is 84.3 Å². The van der Waals surface area contributed by atoms with Gasteiger partial charge in [-0.05, 0) is 53.1 Å². The average Bonchev–Trinajstić information content (AvgIpc) is 2.91. The Bertz CT molecular complexity index is 1500. The maximum absolute atomic E-state index is 13.8. The van der Waals surface area contributed by atoms with Crippen molar-refractivity contribution in [2.45, 2.75) is 19.8 Å². The normalized spacial score (nSPS) is 19.4. The number of ether oxygens (including phenoxy) is 3. The Hall–Kier alpha value is -4.29. The third-order valence-corrected chi connectivity index (χ3v) is 6.85. The molecular formula is C33H34N2O4. The zero-order chi connectivity index (χ0) is 27.7. The molecule has 1 aliphatic rings. The fourth-order valence-electron chi connectivity index (χ4n) is 5.07. The van der Waals surface area contributed by atoms with Crippen LogP contribution in [0, 0.1) is 0 Å². The third-order valence-electron chi connectivity index (χ3n) is 6.85. The highest BCUT2D eigenvalue weighted by Crippen LogP contribution is 2.36. The Morgan fingerprint density at radius 1 is 0.692 bits per heavy atom. The lowest BCUT2D eigenvalue weighted by Crippen LogP contribution is -2.42. The second-order valence-corrected chi connectivity index (χ2v) is 10.1. The molecule has 0 amide bonds. The fourth-order valence-corrected chi connectivity index (χ4v) is 5.07. The first-order valence-corrected chi connectivity index (χ1v) is 13.1. The van der Waals surface area contributed by atoms with Gasteiger partial charge in [-0.3, -0.25) is 4.79 Å². The molecule has 4 aromatic rings. The van der Waals surface area contributed by atoms with E-state index in [4.69, 9.17) is 14.2 Å². The zero-order valence-corrected chi connectivity index (χ0v) is 23.3. The summed E-state index contributed by atoms with van der Waals surface area (Å²) in [6, 6.07) is 24.4. The molecule has 0 aromatic heterocycles. The molecule has 5 rings (SSSR count). The summed E-state index contributed by atoms with van der Waals surface area (Å²) in [5.41, 5.74) is 3.94. The SMILES string of the molecule is CCOC1(C)OC(=Cc2ccc(N(C)C)c3ccccc23)C(=O)C(=Cc2ccc(N(C)C)c3ccccc23)O1. The van der Waals surface area contributed by atoms with E-state index in [1.165, 1.54) is 0 Å². The Morgan fingerprint density at radius 3 is 1.49 bits per heavy atom. The van der Waals surface area contributed by atoms with Crippen molar-refractivity contribution in [1.29, 1.82) is 0 Å². The number of fused-ring (bicyclic) bond motifs is 2. The van der Waals surface area contributed by atoms with Crippen molar-refractivity contribution in [3.63, 3.8) is 0 Å². The highest BCUT2D eigenvalue weighted by atomic mass is 16.9. The molecule has 200 valence electrons. The van der Waals surface area contributed by atoms with Crippen LogP contribution in [0.5, 0.6) is 0 Å². The lowest BCUT2D eigenvalue weighted by Gasteiger charge is -2.35. The molecule has 0 spiro atoms. The summed E-state index contributed by atoms with van der Waals surface area (Å²) in [5.74, 6) is -1.45. The van der Waals surface area contributed by atoms with Gasteiger partial charge in [0, 0.05) is 57.3 Å². The van der Waals surface area contributed by atoms with Crippen LogP contribution in [-0.2, 0) is 19.0 Å². The van der Waals surface area contributed by atoms with Gasteiger partial charge in [-0.2, -0.15) is 0 Å². The van der Waals surface area contributed by atoms with Crippen LogP contribution in [0.25, 0.3) is 33.7 Å². The largest absolute Gasteiger partial charge is 0.426 e. The number of hydrogen-bond acceptors (Lipinski definition) is 6. The van der Waals surface area contributed by atoms with Crippen molar-refractivity contribution in [1.82, 2.24) is 0 Å². The molecule has 6 heteroatoms. The van der Waals surface area contributed by atoms with Crippen LogP contribution in [0.4, 0.5) is 11.4 Å². The number of benzene rings is 4. The molecule has 0 saturated carbocycles. The lowest BCUT2D eigenvalue weighted by molar-refractivity contribution is -0.343. The van der Waals surface area contributed by atoms with Gasteiger partial charge >= 0.3 is 5.97 Å². The van der Waals surface area contributed by atoms with E-state index in [1.807, 2.05) is 71.5 Å². The van der Waals surface area contributed by atoms with Crippen LogP contribution in [0.1, 0.15) is 25.0 Å². The van der Waals surface area contributed by atoms with Gasteiger partial charge in [0.05, 0.1) is 6.61 Å². The molecule has 1 saturated heterocycles. The highest BCUT2D eigenvalue weighted by Gasteiger charge is 2.41. The second kappa shape index (κ2) is 10.5. The van der Waals surface area contributed by atoms with Gasteiger partial charge < -0.3 is 24.0 Å². The van der Waals surface area contributed by atoms with Gasteiger partial charge in [0.15, 0.2) is 11.5 Å². The van der Waals surface area contributed by atoms with E-state index >= 15 is 0 Å². The van der Waals surface area contributed by atoms with Crippen LogP contribution in [-0.4, -0.2) is 46.6 Å². The predicted octanol–water partition coefficient (Wildman–Crippen LogP) is 6.83. The number of ketones is 1. The molecule has 0 N–H and O–H groups in total. The van der Waals surface area contributed by atoms with Crippen LogP contribution in [0.3, 0.4) is 0 Å². The van der Waals surface area contributed by atoms with Crippen LogP contribution in [0.2, 0.25) is 0 Å². The fraction of sp³-hybridized carbons (Fsp3) is 0.242. The minimum Gasteiger partial charge on any atom is -0.426 e. The topological polar surface area (TPSA) is 51.2 Å². The molecule has 0 unspecified atom stereocenters. The van der Waals surface area contributed by atoms with Crippen LogP contribution < -0.4 is 9.80 Å². The third kappa shape index (κ3) is 5.08. The molecule has 0 bridgehead atoms. The summed E-state index contributed by atoms with van der Waals surface area (Å²) in [5, 5.41) is 4.22. The number of Topliss-reactive ketones (excluding diaryl/α,β-unsaturated/α-hetero) is 1. The Morgan fingerprint density at radius 2 is 1.10 bits per heavy atom. The average molecular weight is 523 g/mol. The summed E-state index contributed by atoms with van der Waals surface area (Å²) < 4.78 is 18.0. The molecule has 1 heterocycles. The predicted molar refractivity (Wildman–Crippen MR) is 160 cm³/mol. The van der Waals surface area contributed by atoms with Gasteiger partial charge in [0.2, 0.25) is 0 Å². The molecule has 0 atom stereocenters. The van der Waals surface area contributed by atoms with E-state index in [0.717, 1.165) is 44.0 Å². The standard InChI is InChI=1S/C33H34N2O4/c1-7-37-33(2)38-30(20-22-16-18-28(34(3)4)26-14-10-8-12-24(22)26)32(36)31(39-33)21-23-17-19-29(35(5)6)27-15-11-9-13-25(23)27/h8-21H,7H2,1-6H3. The number of carbonyl (C=O) groups excluding carboxylic acids is 1. The van der Waals surface area contributed by atoms with E-state index < -0.39 is 5.97 Å². The number of nitrogens with zero attached hydrogens (tertiary/aromatic N) is 2. The van der Waals surface area contributed by atoms with Crippen molar-refractivity contribution in [3.05, 3.63) is 95.4 Å². The van der Waals surface area contributed by atoms with Crippen LogP contribution >= 0.6 is 0 Å². The number of hydrogen-bond donors (Lipinski definition) is 0. The minimum absolute atomic E-state index is 0.167. The maximum Gasteiger partial charge on any atom is 0.368 e. The second-order valence-electron chi connectivity index (χ2n) is 10.1. The number of carbonyl (C=O) groups is 1. The van der Waals surface area contributed by atoms with Gasteiger partial charge in [-0.1, -0.05) is 60.7 Å². The Balaban J connectivity index is 1.64. The minimum atomic E-state index is -1.45. The van der Waals surface area contributed by atoms with E-state index in [-0.39, 0.29) is 17.3 Å². The van der Waals surface area contributed by atoms with E-state index in [0.29, 0.717) is 6.61 Å². The highest BCUT2D eigenvalue weighted by molar-refractivity contribution is 6.13.